The molecule has 0 N–H and O–H groups in total. The standard InChI is InChI=1S/C16H13FN2OS.C2H6/c1-19-14-8-7-12(21-17)9-13(14)16(18-10-15(19)20)11-5-3-2-4-6-11;1-2/h2-9H,10H2,1H3;1-2H3. The molecule has 3 nitrogen and oxygen atoms in total. The Morgan fingerprint density at radius 2 is 1.83 bits per heavy atom. The van der Waals surface area contributed by atoms with E-state index >= 15 is 0 Å². The van der Waals surface area contributed by atoms with Crippen molar-refractivity contribution in [2.75, 3.05) is 18.5 Å². The lowest BCUT2D eigenvalue weighted by Crippen LogP contribution is -2.27. The number of nitrogens with zero attached hydrogens (tertiary/aromatic N) is 2. The minimum absolute atomic E-state index is 0.0807. The first-order valence-electron chi connectivity index (χ1n) is 7.50. The Morgan fingerprint density at radius 3 is 2.48 bits per heavy atom. The summed E-state index contributed by atoms with van der Waals surface area (Å²) in [6.07, 6.45) is 0. The molecule has 120 valence electrons. The summed E-state index contributed by atoms with van der Waals surface area (Å²) in [7, 11) is 1.72. The molecule has 0 fully saturated rings. The highest BCUT2D eigenvalue weighted by Gasteiger charge is 2.22. The van der Waals surface area contributed by atoms with Crippen LogP contribution in [0.2, 0.25) is 0 Å². The molecular weight excluding hydrogens is 311 g/mol. The smallest absolute Gasteiger partial charge is 0.248 e. The van der Waals surface area contributed by atoms with Gasteiger partial charge in [-0.1, -0.05) is 44.2 Å². The third-order valence-corrected chi connectivity index (χ3v) is 3.90. The number of hydrogen-bond donors (Lipinski definition) is 0. The van der Waals surface area contributed by atoms with Gasteiger partial charge in [-0.25, -0.2) is 0 Å². The van der Waals surface area contributed by atoms with Crippen molar-refractivity contribution in [3.05, 3.63) is 59.7 Å². The molecule has 1 aliphatic rings. The Morgan fingerprint density at radius 1 is 1.13 bits per heavy atom. The predicted molar refractivity (Wildman–Crippen MR) is 95.1 cm³/mol. The number of aliphatic imine (C=N–C) groups is 1. The third kappa shape index (κ3) is 3.62. The molecule has 0 radical (unpaired) electrons. The number of carbonyl (C=O) groups is 1. The van der Waals surface area contributed by atoms with E-state index in [1.165, 1.54) is 0 Å². The van der Waals surface area contributed by atoms with E-state index in [1.54, 1.807) is 30.1 Å². The van der Waals surface area contributed by atoms with E-state index in [0.717, 1.165) is 22.5 Å². The largest absolute Gasteiger partial charge is 0.313 e. The van der Waals surface area contributed by atoms with Crippen molar-refractivity contribution in [2.45, 2.75) is 18.7 Å². The summed E-state index contributed by atoms with van der Waals surface area (Å²) in [6, 6.07) is 14.8. The zero-order chi connectivity index (χ0) is 16.8. The summed E-state index contributed by atoms with van der Waals surface area (Å²) in [4.78, 5) is 18.6. The monoisotopic (exact) mass is 330 g/mol. The summed E-state index contributed by atoms with van der Waals surface area (Å²) in [6.45, 7) is 4.09. The predicted octanol–water partition coefficient (Wildman–Crippen LogP) is 4.50. The second-order valence-corrected chi connectivity index (χ2v) is 5.37. The van der Waals surface area contributed by atoms with Crippen LogP contribution in [0.25, 0.3) is 0 Å². The normalized spacial score (nSPS) is 13.5. The van der Waals surface area contributed by atoms with E-state index in [9.17, 15) is 8.68 Å². The Labute approximate surface area is 140 Å². The van der Waals surface area contributed by atoms with Gasteiger partial charge in [0.15, 0.2) is 0 Å². The van der Waals surface area contributed by atoms with Crippen LogP contribution < -0.4 is 4.90 Å². The SMILES string of the molecule is CC.CN1C(=O)CN=C(c2ccccc2)c2cc(SF)ccc21. The molecule has 0 unspecified atom stereocenters. The average Bonchev–Trinajstić information content (AvgIpc) is 2.74. The maximum absolute atomic E-state index is 12.9. The number of hydrogen-bond acceptors (Lipinski definition) is 3. The third-order valence-electron chi connectivity index (χ3n) is 3.47. The quantitative estimate of drug-likeness (QED) is 0.812. The van der Waals surface area contributed by atoms with Crippen molar-refractivity contribution in [3.8, 4) is 0 Å². The minimum Gasteiger partial charge on any atom is -0.313 e. The number of likely N-dealkylation sites (N-methyl/N-ethyl adjacent to an activating group) is 1. The van der Waals surface area contributed by atoms with Gasteiger partial charge in [-0.3, -0.25) is 9.79 Å². The number of halogens is 1. The van der Waals surface area contributed by atoms with Gasteiger partial charge in [0, 0.05) is 23.1 Å². The molecule has 0 atom stereocenters. The molecule has 0 aliphatic carbocycles. The Hall–Kier alpha value is -2.14. The van der Waals surface area contributed by atoms with E-state index in [2.05, 4.69) is 4.99 Å². The Balaban J connectivity index is 0.000000924. The second kappa shape index (κ2) is 7.92. The first-order chi connectivity index (χ1) is 11.2. The number of carbonyl (C=O) groups excluding carboxylic acids is 1. The zero-order valence-electron chi connectivity index (χ0n) is 13.4. The van der Waals surface area contributed by atoms with Crippen molar-refractivity contribution in [1.29, 1.82) is 0 Å². The lowest BCUT2D eigenvalue weighted by molar-refractivity contribution is -0.116. The van der Waals surface area contributed by atoms with Crippen LogP contribution in [-0.2, 0) is 4.79 Å². The molecule has 23 heavy (non-hydrogen) atoms. The van der Waals surface area contributed by atoms with Crippen molar-refractivity contribution in [1.82, 2.24) is 0 Å². The van der Waals surface area contributed by atoms with E-state index in [0.29, 0.717) is 4.90 Å². The van der Waals surface area contributed by atoms with Gasteiger partial charge < -0.3 is 4.90 Å². The van der Waals surface area contributed by atoms with Gasteiger partial charge in [0.05, 0.1) is 23.5 Å². The molecule has 0 saturated heterocycles. The van der Waals surface area contributed by atoms with Gasteiger partial charge >= 0.3 is 0 Å². The molecule has 3 rings (SSSR count). The van der Waals surface area contributed by atoms with Gasteiger partial charge in [-0.15, -0.1) is 0 Å². The fraction of sp³-hybridized carbons (Fsp3) is 0.222. The maximum atomic E-state index is 12.9. The number of amides is 1. The van der Waals surface area contributed by atoms with Crippen molar-refractivity contribution in [2.24, 2.45) is 4.99 Å². The van der Waals surface area contributed by atoms with Gasteiger partial charge in [0.25, 0.3) is 0 Å². The van der Waals surface area contributed by atoms with Crippen LogP contribution >= 0.6 is 12.1 Å². The zero-order valence-corrected chi connectivity index (χ0v) is 14.2. The molecule has 2 aromatic rings. The van der Waals surface area contributed by atoms with Gasteiger partial charge in [0.1, 0.15) is 6.54 Å². The number of fused-ring (bicyclic) bond motifs is 1. The average molecular weight is 330 g/mol. The van der Waals surface area contributed by atoms with Gasteiger partial charge in [-0.2, -0.15) is 3.89 Å². The highest BCUT2D eigenvalue weighted by molar-refractivity contribution is 7.94. The van der Waals surface area contributed by atoms with E-state index in [1.807, 2.05) is 44.2 Å². The molecule has 0 saturated carbocycles. The molecule has 1 aliphatic heterocycles. The van der Waals surface area contributed by atoms with Crippen molar-refractivity contribution < 1.29 is 8.68 Å². The summed E-state index contributed by atoms with van der Waals surface area (Å²) in [5.41, 5.74) is 3.16. The lowest BCUT2D eigenvalue weighted by atomic mass is 10.0. The van der Waals surface area contributed by atoms with Gasteiger partial charge in [0.2, 0.25) is 5.91 Å². The van der Waals surface area contributed by atoms with Crippen LogP contribution in [0, 0.1) is 0 Å². The summed E-state index contributed by atoms with van der Waals surface area (Å²) >= 11 is 0.189. The number of anilines is 1. The Kier molecular flexibility index (Phi) is 5.93. The first-order valence-corrected chi connectivity index (χ1v) is 8.22. The van der Waals surface area contributed by atoms with E-state index in [-0.39, 0.29) is 24.6 Å². The number of rotatable bonds is 2. The topological polar surface area (TPSA) is 32.7 Å². The van der Waals surface area contributed by atoms with Crippen molar-refractivity contribution >= 4 is 29.5 Å². The highest BCUT2D eigenvalue weighted by atomic mass is 32.2. The molecule has 0 bridgehead atoms. The molecule has 0 spiro atoms. The molecule has 0 aromatic heterocycles. The fourth-order valence-corrected chi connectivity index (χ4v) is 2.64. The Bertz CT molecular complexity index is 716. The van der Waals surface area contributed by atoms with Crippen molar-refractivity contribution in [3.63, 3.8) is 0 Å². The molecule has 1 heterocycles. The van der Waals surface area contributed by atoms with Gasteiger partial charge in [-0.05, 0) is 18.2 Å². The van der Waals surface area contributed by atoms with Crippen LogP contribution in [0.3, 0.4) is 0 Å². The molecule has 5 heteroatoms. The van der Waals surface area contributed by atoms with Crippen LogP contribution in [0.5, 0.6) is 0 Å². The minimum atomic E-state index is -0.0807. The van der Waals surface area contributed by atoms with Crippen LogP contribution in [0.4, 0.5) is 9.57 Å². The summed E-state index contributed by atoms with van der Waals surface area (Å²) in [5, 5.41) is 0. The molecular formula is C18H19FN2OS. The maximum Gasteiger partial charge on any atom is 0.248 e. The first kappa shape index (κ1) is 17.2. The number of benzodiazepines with no additional fused rings is 1. The summed E-state index contributed by atoms with van der Waals surface area (Å²) in [5.74, 6) is -0.0807. The molecule has 1 amide bonds. The van der Waals surface area contributed by atoms with Crippen LogP contribution in [0.1, 0.15) is 25.0 Å². The number of benzene rings is 2. The second-order valence-electron chi connectivity index (χ2n) is 4.74. The lowest BCUT2D eigenvalue weighted by Gasteiger charge is -2.18. The van der Waals surface area contributed by atoms with E-state index in [4.69, 9.17) is 0 Å². The van der Waals surface area contributed by atoms with E-state index < -0.39 is 0 Å². The van der Waals surface area contributed by atoms with Crippen LogP contribution in [-0.4, -0.2) is 25.2 Å². The van der Waals surface area contributed by atoms with Crippen LogP contribution in [0.15, 0.2) is 58.4 Å². The molecule has 2 aromatic carbocycles. The fourth-order valence-electron chi connectivity index (χ4n) is 2.36. The summed E-state index contributed by atoms with van der Waals surface area (Å²) < 4.78 is 12.9. The highest BCUT2D eigenvalue weighted by Crippen LogP contribution is 2.30.